The predicted octanol–water partition coefficient (Wildman–Crippen LogP) is 3.17. The lowest BCUT2D eigenvalue weighted by Crippen LogP contribution is -2.23. The fraction of sp³-hybridized carbons (Fsp3) is 0.600. The van der Waals surface area contributed by atoms with Crippen LogP contribution in [0, 0.1) is 18.8 Å². The first kappa shape index (κ1) is 11.7. The van der Waals surface area contributed by atoms with E-state index in [-0.39, 0.29) is 0 Å². The summed E-state index contributed by atoms with van der Waals surface area (Å²) in [5.74, 6) is 1.79. The number of hydrogen-bond acceptors (Lipinski definition) is 1. The first-order valence-electron chi connectivity index (χ1n) is 6.50. The Morgan fingerprint density at radius 2 is 1.94 bits per heavy atom. The van der Waals surface area contributed by atoms with E-state index in [0.717, 1.165) is 11.8 Å². The van der Waals surface area contributed by atoms with Gasteiger partial charge in [0.25, 0.3) is 0 Å². The number of hydrogen-bond donors (Lipinski definition) is 1. The molecule has 2 atom stereocenters. The summed E-state index contributed by atoms with van der Waals surface area (Å²) in [6.45, 7) is 3.42. The van der Waals surface area contributed by atoms with Crippen molar-refractivity contribution in [1.29, 1.82) is 0 Å². The average molecular weight is 217 g/mol. The third-order valence-corrected chi connectivity index (χ3v) is 4.03. The molecule has 1 saturated carbocycles. The van der Waals surface area contributed by atoms with Crippen molar-refractivity contribution < 1.29 is 0 Å². The molecule has 1 aliphatic carbocycles. The van der Waals surface area contributed by atoms with E-state index in [1.165, 1.54) is 37.8 Å². The van der Waals surface area contributed by atoms with Crippen molar-refractivity contribution >= 4 is 0 Å². The zero-order chi connectivity index (χ0) is 11.4. The molecule has 0 spiro atoms. The van der Waals surface area contributed by atoms with Crippen LogP contribution in [0.2, 0.25) is 0 Å². The van der Waals surface area contributed by atoms with Crippen LogP contribution in [-0.4, -0.2) is 13.6 Å². The fourth-order valence-corrected chi connectivity index (χ4v) is 3.03. The molecule has 0 heterocycles. The Hall–Kier alpha value is -0.820. The second-order valence-corrected chi connectivity index (χ2v) is 5.14. The fourth-order valence-electron chi connectivity index (χ4n) is 3.03. The molecule has 2 rings (SSSR count). The first-order valence-corrected chi connectivity index (χ1v) is 6.50. The molecule has 1 N–H and O–H groups in total. The minimum absolute atomic E-state index is 0.893. The van der Waals surface area contributed by atoms with Gasteiger partial charge < -0.3 is 5.32 Å². The van der Waals surface area contributed by atoms with Crippen LogP contribution < -0.4 is 5.32 Å². The van der Waals surface area contributed by atoms with Gasteiger partial charge in [-0.1, -0.05) is 30.7 Å². The molecule has 1 aromatic carbocycles. The maximum atomic E-state index is 3.34. The summed E-state index contributed by atoms with van der Waals surface area (Å²) in [6.07, 6.45) is 5.53. The van der Waals surface area contributed by atoms with Crippen LogP contribution in [-0.2, 0) is 6.42 Å². The summed E-state index contributed by atoms with van der Waals surface area (Å²) in [6, 6.07) is 8.84. The Balaban J connectivity index is 2.01. The van der Waals surface area contributed by atoms with Gasteiger partial charge in [-0.25, -0.2) is 0 Å². The van der Waals surface area contributed by atoms with Crippen LogP contribution in [0.5, 0.6) is 0 Å². The quantitative estimate of drug-likeness (QED) is 0.817. The van der Waals surface area contributed by atoms with Gasteiger partial charge in [0.05, 0.1) is 0 Å². The first-order chi connectivity index (χ1) is 7.81. The van der Waals surface area contributed by atoms with Crippen molar-refractivity contribution in [1.82, 2.24) is 5.32 Å². The maximum Gasteiger partial charge on any atom is -0.00208 e. The molecule has 88 valence electrons. The summed E-state index contributed by atoms with van der Waals surface area (Å²) < 4.78 is 0. The van der Waals surface area contributed by atoms with E-state index < -0.39 is 0 Å². The zero-order valence-electron chi connectivity index (χ0n) is 10.5. The van der Waals surface area contributed by atoms with Gasteiger partial charge in [0.2, 0.25) is 0 Å². The van der Waals surface area contributed by atoms with Gasteiger partial charge in [0, 0.05) is 0 Å². The van der Waals surface area contributed by atoms with Gasteiger partial charge in [0.15, 0.2) is 0 Å². The van der Waals surface area contributed by atoms with Crippen LogP contribution in [0.3, 0.4) is 0 Å². The molecule has 0 bridgehead atoms. The van der Waals surface area contributed by atoms with Gasteiger partial charge in [-0.2, -0.15) is 0 Å². The molecule has 0 aromatic heterocycles. The van der Waals surface area contributed by atoms with Gasteiger partial charge >= 0.3 is 0 Å². The predicted molar refractivity (Wildman–Crippen MR) is 69.6 cm³/mol. The second kappa shape index (κ2) is 5.49. The van der Waals surface area contributed by atoms with Crippen molar-refractivity contribution in [3.8, 4) is 0 Å². The van der Waals surface area contributed by atoms with Crippen LogP contribution in [0.1, 0.15) is 30.4 Å². The Kier molecular flexibility index (Phi) is 4.00. The third-order valence-electron chi connectivity index (χ3n) is 4.03. The van der Waals surface area contributed by atoms with Crippen LogP contribution >= 0.6 is 0 Å². The van der Waals surface area contributed by atoms with E-state index in [2.05, 4.69) is 43.6 Å². The highest BCUT2D eigenvalue weighted by Crippen LogP contribution is 2.34. The van der Waals surface area contributed by atoms with Crippen molar-refractivity contribution in [2.24, 2.45) is 11.8 Å². The van der Waals surface area contributed by atoms with E-state index >= 15 is 0 Å². The highest BCUT2D eigenvalue weighted by molar-refractivity contribution is 5.26. The average Bonchev–Trinajstić information content (AvgIpc) is 2.70. The Morgan fingerprint density at radius 1 is 1.19 bits per heavy atom. The molecule has 16 heavy (non-hydrogen) atoms. The minimum Gasteiger partial charge on any atom is -0.319 e. The van der Waals surface area contributed by atoms with Crippen LogP contribution in [0.25, 0.3) is 0 Å². The molecule has 0 saturated heterocycles. The number of aryl methyl sites for hydroxylation is 1. The lowest BCUT2D eigenvalue weighted by atomic mass is 9.88. The minimum atomic E-state index is 0.893. The normalized spacial score (nSPS) is 24.9. The highest BCUT2D eigenvalue weighted by Gasteiger charge is 2.26. The molecule has 1 aromatic rings. The molecular formula is C15H23N. The number of nitrogens with one attached hydrogen (secondary N) is 1. The van der Waals surface area contributed by atoms with Crippen LogP contribution in [0.4, 0.5) is 0 Å². The SMILES string of the molecule is CNCC1CCCC1Cc1ccccc1C. The molecule has 0 radical (unpaired) electrons. The molecule has 1 nitrogen and oxygen atoms in total. The third kappa shape index (κ3) is 2.65. The van der Waals surface area contributed by atoms with E-state index in [0.29, 0.717) is 0 Å². The molecule has 1 heteroatoms. The Labute approximate surface area is 99.3 Å². The van der Waals surface area contributed by atoms with Gasteiger partial charge in [0.1, 0.15) is 0 Å². The van der Waals surface area contributed by atoms with Gasteiger partial charge in [-0.3, -0.25) is 0 Å². The van der Waals surface area contributed by atoms with Crippen molar-refractivity contribution in [3.63, 3.8) is 0 Å². The van der Waals surface area contributed by atoms with Crippen LogP contribution in [0.15, 0.2) is 24.3 Å². The molecule has 0 aliphatic heterocycles. The molecular weight excluding hydrogens is 194 g/mol. The standard InChI is InChI=1S/C15H23N/c1-12-6-3-4-7-13(12)10-14-8-5-9-15(14)11-16-2/h3-4,6-7,14-16H,5,8-11H2,1-2H3. The number of rotatable bonds is 4. The van der Waals surface area contributed by atoms with Gasteiger partial charge in [-0.05, 0) is 62.7 Å². The molecule has 1 aliphatic rings. The lowest BCUT2D eigenvalue weighted by molar-refractivity contribution is 0.374. The molecule has 0 amide bonds. The van der Waals surface area contributed by atoms with E-state index in [9.17, 15) is 0 Å². The van der Waals surface area contributed by atoms with Gasteiger partial charge in [-0.15, -0.1) is 0 Å². The smallest absolute Gasteiger partial charge is 0.00208 e. The Morgan fingerprint density at radius 3 is 2.69 bits per heavy atom. The zero-order valence-corrected chi connectivity index (χ0v) is 10.5. The van der Waals surface area contributed by atoms with Crippen molar-refractivity contribution in [2.75, 3.05) is 13.6 Å². The summed E-state index contributed by atoms with van der Waals surface area (Å²) in [5, 5.41) is 3.34. The summed E-state index contributed by atoms with van der Waals surface area (Å²) in [4.78, 5) is 0. The molecule has 2 unspecified atom stereocenters. The second-order valence-electron chi connectivity index (χ2n) is 5.14. The highest BCUT2D eigenvalue weighted by atomic mass is 14.8. The van der Waals surface area contributed by atoms with E-state index in [1.807, 2.05) is 0 Å². The van der Waals surface area contributed by atoms with Crippen molar-refractivity contribution in [3.05, 3.63) is 35.4 Å². The lowest BCUT2D eigenvalue weighted by Gasteiger charge is -2.20. The topological polar surface area (TPSA) is 12.0 Å². The Bertz CT molecular complexity index is 332. The summed E-state index contributed by atoms with van der Waals surface area (Å²) in [7, 11) is 2.07. The maximum absolute atomic E-state index is 3.34. The number of benzene rings is 1. The van der Waals surface area contributed by atoms with E-state index in [1.54, 1.807) is 5.56 Å². The summed E-state index contributed by atoms with van der Waals surface area (Å²) in [5.41, 5.74) is 3.01. The largest absolute Gasteiger partial charge is 0.319 e. The van der Waals surface area contributed by atoms with E-state index in [4.69, 9.17) is 0 Å². The summed E-state index contributed by atoms with van der Waals surface area (Å²) >= 11 is 0. The van der Waals surface area contributed by atoms with Crippen molar-refractivity contribution in [2.45, 2.75) is 32.6 Å². The monoisotopic (exact) mass is 217 g/mol. The molecule has 1 fully saturated rings.